The third-order valence-corrected chi connectivity index (χ3v) is 3.06. The Balaban J connectivity index is 2.26. The Morgan fingerprint density at radius 3 is 1.58 bits per heavy atom. The van der Waals surface area contributed by atoms with Crippen LogP contribution in [-0.2, 0) is 0 Å². The van der Waals surface area contributed by atoms with Crippen molar-refractivity contribution in [3.63, 3.8) is 0 Å². The first-order valence-corrected chi connectivity index (χ1v) is 4.83. The summed E-state index contributed by atoms with van der Waals surface area (Å²) in [4.78, 5) is 0. The summed E-state index contributed by atoms with van der Waals surface area (Å²) in [7, 11) is 0. The third kappa shape index (κ3) is 1.26. The van der Waals surface area contributed by atoms with Gasteiger partial charge >= 0.3 is 0 Å². The summed E-state index contributed by atoms with van der Waals surface area (Å²) < 4.78 is 0. The van der Waals surface area contributed by atoms with Gasteiger partial charge in [0.15, 0.2) is 0 Å². The van der Waals surface area contributed by atoms with E-state index in [4.69, 9.17) is 0 Å². The van der Waals surface area contributed by atoms with E-state index in [9.17, 15) is 0 Å². The Kier molecular flexibility index (Phi) is 1.92. The highest BCUT2D eigenvalue weighted by molar-refractivity contribution is 5.41. The molecule has 0 heteroatoms. The molecule has 0 amide bonds. The van der Waals surface area contributed by atoms with Gasteiger partial charge < -0.3 is 0 Å². The summed E-state index contributed by atoms with van der Waals surface area (Å²) in [5, 5.41) is 0. The van der Waals surface area contributed by atoms with Gasteiger partial charge in [-0.3, -0.25) is 0 Å². The van der Waals surface area contributed by atoms with Crippen LogP contribution in [0.4, 0.5) is 0 Å². The highest BCUT2D eigenvalue weighted by Gasteiger charge is 2.19. The van der Waals surface area contributed by atoms with Gasteiger partial charge in [-0.1, -0.05) is 24.3 Å². The summed E-state index contributed by atoms with van der Waals surface area (Å²) in [5.41, 5.74) is 5.91. The van der Waals surface area contributed by atoms with Crippen LogP contribution in [0.5, 0.6) is 0 Å². The van der Waals surface area contributed by atoms with Gasteiger partial charge in [-0.25, -0.2) is 0 Å². The van der Waals surface area contributed by atoms with Crippen LogP contribution >= 0.6 is 0 Å². The Morgan fingerprint density at radius 2 is 1.17 bits per heavy atom. The molecular weight excluding hydrogens is 144 g/mol. The minimum absolute atomic E-state index is 1.12. The molecular formula is C12H16. The van der Waals surface area contributed by atoms with Gasteiger partial charge in [0.1, 0.15) is 0 Å². The van der Waals surface area contributed by atoms with Gasteiger partial charge in [-0.2, -0.15) is 0 Å². The van der Waals surface area contributed by atoms with Crippen LogP contribution in [0.25, 0.3) is 0 Å². The van der Waals surface area contributed by atoms with E-state index in [1.165, 1.54) is 36.8 Å². The normalized spacial score (nSPS) is 24.3. The highest BCUT2D eigenvalue weighted by atomic mass is 14.2. The van der Waals surface area contributed by atoms with Gasteiger partial charge in [0.2, 0.25) is 0 Å². The Morgan fingerprint density at radius 1 is 0.750 bits per heavy atom. The van der Waals surface area contributed by atoms with Gasteiger partial charge in [0.25, 0.3) is 0 Å². The number of hydrogen-bond donors (Lipinski definition) is 0. The molecule has 0 N–H and O–H groups in total. The van der Waals surface area contributed by atoms with Crippen LogP contribution in [0.15, 0.2) is 35.5 Å². The summed E-state index contributed by atoms with van der Waals surface area (Å²) in [5.74, 6) is 0. The average molecular weight is 160 g/mol. The van der Waals surface area contributed by atoms with Crippen molar-refractivity contribution >= 4 is 0 Å². The van der Waals surface area contributed by atoms with Crippen molar-refractivity contribution in [1.82, 2.24) is 0 Å². The van der Waals surface area contributed by atoms with E-state index in [1.54, 1.807) is 11.1 Å². The van der Waals surface area contributed by atoms with E-state index in [0.29, 0.717) is 0 Å². The zero-order chi connectivity index (χ0) is 8.55. The molecule has 0 fully saturated rings. The van der Waals surface area contributed by atoms with Crippen LogP contribution in [0, 0.1) is 0 Å². The van der Waals surface area contributed by atoms with Crippen LogP contribution in [0.1, 0.15) is 38.5 Å². The van der Waals surface area contributed by atoms with E-state index in [1.807, 2.05) is 0 Å². The van der Waals surface area contributed by atoms with Gasteiger partial charge in [0.05, 0.1) is 0 Å². The van der Waals surface area contributed by atoms with Crippen molar-refractivity contribution in [3.8, 4) is 0 Å². The van der Waals surface area contributed by atoms with Crippen molar-refractivity contribution in [2.45, 2.75) is 38.5 Å². The van der Waals surface area contributed by atoms with Crippen molar-refractivity contribution in [2.75, 3.05) is 0 Å². The molecule has 0 aromatic rings. The lowest BCUT2D eigenvalue weighted by Gasteiger charge is -2.27. The smallest absolute Gasteiger partial charge is 0.00676 e. The summed E-state index contributed by atoms with van der Waals surface area (Å²) in [6.45, 7) is 8.11. The highest BCUT2D eigenvalue weighted by Crippen LogP contribution is 2.38. The Labute approximate surface area is 74.7 Å². The standard InChI is InChI=1S/C12H16/c1-9-7-11-5-3-4-6-12(11)8-10(9)2/h1-8H2. The monoisotopic (exact) mass is 160 g/mol. The molecule has 0 radical (unpaired) electrons. The average Bonchev–Trinajstić information content (AvgIpc) is 2.07. The van der Waals surface area contributed by atoms with Crippen LogP contribution < -0.4 is 0 Å². The Hall–Kier alpha value is -0.780. The van der Waals surface area contributed by atoms with E-state index in [2.05, 4.69) is 13.2 Å². The molecule has 0 aromatic carbocycles. The molecule has 2 rings (SSSR count). The lowest BCUT2D eigenvalue weighted by Crippen LogP contribution is -2.08. The van der Waals surface area contributed by atoms with E-state index in [-0.39, 0.29) is 0 Å². The van der Waals surface area contributed by atoms with Gasteiger partial charge in [0, 0.05) is 0 Å². The molecule has 0 unspecified atom stereocenters. The fourth-order valence-corrected chi connectivity index (χ4v) is 2.22. The Bertz CT molecular complexity index is 238. The summed E-state index contributed by atoms with van der Waals surface area (Å²) >= 11 is 0. The second-order valence-electron chi connectivity index (χ2n) is 3.97. The molecule has 0 aromatic heterocycles. The fourth-order valence-electron chi connectivity index (χ4n) is 2.22. The van der Waals surface area contributed by atoms with E-state index < -0.39 is 0 Å². The molecule has 0 spiro atoms. The first-order chi connectivity index (χ1) is 5.77. The number of rotatable bonds is 0. The molecule has 0 nitrogen and oxygen atoms in total. The first kappa shape index (κ1) is 7.85. The van der Waals surface area contributed by atoms with Gasteiger partial charge in [-0.05, 0) is 49.7 Å². The SMILES string of the molecule is C=C1CC2=C(CCCC2)CC1=C. The molecule has 2 aliphatic carbocycles. The minimum atomic E-state index is 1.12. The second kappa shape index (κ2) is 2.93. The maximum atomic E-state index is 4.05. The third-order valence-electron chi connectivity index (χ3n) is 3.06. The van der Waals surface area contributed by atoms with Crippen LogP contribution in [0.3, 0.4) is 0 Å². The molecule has 0 saturated heterocycles. The molecule has 64 valence electrons. The quantitative estimate of drug-likeness (QED) is 0.473. The molecule has 12 heavy (non-hydrogen) atoms. The topological polar surface area (TPSA) is 0 Å². The molecule has 0 atom stereocenters. The van der Waals surface area contributed by atoms with Crippen LogP contribution in [-0.4, -0.2) is 0 Å². The molecule has 0 saturated carbocycles. The molecule has 2 aliphatic rings. The molecule has 0 aliphatic heterocycles. The van der Waals surface area contributed by atoms with Crippen LogP contribution in [0.2, 0.25) is 0 Å². The van der Waals surface area contributed by atoms with E-state index >= 15 is 0 Å². The molecule has 0 heterocycles. The summed E-state index contributed by atoms with van der Waals surface area (Å²) in [6, 6.07) is 0. The first-order valence-electron chi connectivity index (χ1n) is 4.83. The number of hydrogen-bond acceptors (Lipinski definition) is 0. The fraction of sp³-hybridized carbons (Fsp3) is 0.500. The zero-order valence-electron chi connectivity index (χ0n) is 7.66. The minimum Gasteiger partial charge on any atom is -0.0952 e. The van der Waals surface area contributed by atoms with Crippen molar-refractivity contribution in [3.05, 3.63) is 35.5 Å². The van der Waals surface area contributed by atoms with Gasteiger partial charge in [-0.15, -0.1) is 0 Å². The lowest BCUT2D eigenvalue weighted by molar-refractivity contribution is 0.635. The predicted octanol–water partition coefficient (Wildman–Crippen LogP) is 3.76. The zero-order valence-corrected chi connectivity index (χ0v) is 7.66. The van der Waals surface area contributed by atoms with Crippen molar-refractivity contribution in [1.29, 1.82) is 0 Å². The maximum Gasteiger partial charge on any atom is -0.00676 e. The predicted molar refractivity (Wildman–Crippen MR) is 53.0 cm³/mol. The van der Waals surface area contributed by atoms with E-state index in [0.717, 1.165) is 12.8 Å². The lowest BCUT2D eigenvalue weighted by atomic mass is 9.78. The van der Waals surface area contributed by atoms with Crippen molar-refractivity contribution in [2.24, 2.45) is 0 Å². The molecule has 0 bridgehead atoms. The maximum absolute atomic E-state index is 4.05. The second-order valence-corrected chi connectivity index (χ2v) is 3.97. The number of allylic oxidation sites excluding steroid dienone is 4. The largest absolute Gasteiger partial charge is 0.0952 e. The summed E-state index contributed by atoms with van der Waals surface area (Å²) in [6.07, 6.45) is 7.66. The van der Waals surface area contributed by atoms with Crippen molar-refractivity contribution < 1.29 is 0 Å².